The molecule has 0 aliphatic carbocycles. The van der Waals surface area contributed by atoms with Crippen LogP contribution in [-0.4, -0.2) is 20.5 Å². The third kappa shape index (κ3) is 3.43. The largest absolute Gasteiger partial charge is 0.418 e. The minimum atomic E-state index is -4.65. The highest BCUT2D eigenvalue weighted by molar-refractivity contribution is 5.94. The van der Waals surface area contributed by atoms with Crippen LogP contribution < -0.4 is 0 Å². The molecule has 150 valence electrons. The van der Waals surface area contributed by atoms with Crippen molar-refractivity contribution in [1.82, 2.24) is 14.7 Å². The molecule has 4 aromatic rings. The van der Waals surface area contributed by atoms with Crippen LogP contribution in [0.3, 0.4) is 0 Å². The Morgan fingerprint density at radius 1 is 1.17 bits per heavy atom. The lowest BCUT2D eigenvalue weighted by Crippen LogP contribution is -2.09. The zero-order chi connectivity index (χ0) is 21.5. The minimum absolute atomic E-state index is 0.0647. The van der Waals surface area contributed by atoms with E-state index >= 15 is 0 Å². The number of nitrogens with zero attached hydrogens (tertiary/aromatic N) is 4. The summed E-state index contributed by atoms with van der Waals surface area (Å²) >= 11 is 0. The van der Waals surface area contributed by atoms with E-state index in [2.05, 4.69) is 10.1 Å². The normalized spacial score (nSPS) is 11.6. The van der Waals surface area contributed by atoms with Crippen molar-refractivity contribution in [3.63, 3.8) is 0 Å². The second-order valence-electron chi connectivity index (χ2n) is 6.62. The fourth-order valence-corrected chi connectivity index (χ4v) is 3.24. The number of carbonyl (C=O) groups excluding carboxylic acids is 1. The first-order valence-electron chi connectivity index (χ1n) is 8.81. The Morgan fingerprint density at radius 2 is 1.90 bits per heavy atom. The van der Waals surface area contributed by atoms with E-state index in [4.69, 9.17) is 9.78 Å². The summed E-state index contributed by atoms with van der Waals surface area (Å²) in [4.78, 5) is 15.6. The summed E-state index contributed by atoms with van der Waals surface area (Å²) in [5, 5.41) is 12.9. The molecular weight excluding hydrogens is 397 g/mol. The maximum absolute atomic E-state index is 13.4. The van der Waals surface area contributed by atoms with Crippen LogP contribution in [-0.2, 0) is 12.7 Å². The number of fused-ring (bicyclic) bond motifs is 1. The lowest BCUT2D eigenvalue weighted by Gasteiger charge is -2.11. The standard InChI is InChI=1S/C21H13F3N4O2/c1-12(29)13-2-4-14(5-3-13)20-26-18(27-30-20)11-28-9-8-16-17(28)7-6-15(10-25)19(16)21(22,23)24/h2-9H,11H2,1H3. The van der Waals surface area contributed by atoms with Crippen LogP contribution in [0.5, 0.6) is 0 Å². The fraction of sp³-hybridized carbons (Fsp3) is 0.143. The average Bonchev–Trinajstić information content (AvgIpc) is 3.34. The van der Waals surface area contributed by atoms with E-state index in [-0.39, 0.29) is 29.4 Å². The molecule has 0 aliphatic rings. The van der Waals surface area contributed by atoms with E-state index < -0.39 is 17.3 Å². The van der Waals surface area contributed by atoms with E-state index in [1.54, 1.807) is 34.9 Å². The molecule has 0 spiro atoms. The third-order valence-electron chi connectivity index (χ3n) is 4.68. The number of hydrogen-bond acceptors (Lipinski definition) is 5. The zero-order valence-corrected chi connectivity index (χ0v) is 15.6. The summed E-state index contributed by atoms with van der Waals surface area (Å²) in [5.41, 5.74) is 0.0892. The summed E-state index contributed by atoms with van der Waals surface area (Å²) in [6.07, 6.45) is -3.17. The van der Waals surface area contributed by atoms with Gasteiger partial charge in [0.25, 0.3) is 5.89 Å². The molecule has 0 saturated heterocycles. The van der Waals surface area contributed by atoms with Crippen LogP contribution in [0.15, 0.2) is 53.2 Å². The Labute approximate surface area is 168 Å². The molecule has 0 fully saturated rings. The van der Waals surface area contributed by atoms with Gasteiger partial charge in [0.2, 0.25) is 0 Å². The quantitative estimate of drug-likeness (QED) is 0.450. The van der Waals surface area contributed by atoms with Crippen molar-refractivity contribution in [1.29, 1.82) is 5.26 Å². The zero-order valence-electron chi connectivity index (χ0n) is 15.6. The first-order chi connectivity index (χ1) is 14.3. The monoisotopic (exact) mass is 410 g/mol. The first-order valence-corrected chi connectivity index (χ1v) is 8.81. The molecule has 0 N–H and O–H groups in total. The Balaban J connectivity index is 1.66. The highest BCUT2D eigenvalue weighted by atomic mass is 19.4. The van der Waals surface area contributed by atoms with Crippen molar-refractivity contribution in [3.8, 4) is 17.5 Å². The molecule has 0 amide bonds. The molecule has 0 aliphatic heterocycles. The topological polar surface area (TPSA) is 84.7 Å². The minimum Gasteiger partial charge on any atom is -0.340 e. The van der Waals surface area contributed by atoms with Crippen molar-refractivity contribution >= 4 is 16.7 Å². The molecule has 0 atom stereocenters. The molecule has 2 aromatic heterocycles. The predicted octanol–water partition coefficient (Wildman–Crippen LogP) is 4.83. The van der Waals surface area contributed by atoms with Gasteiger partial charge >= 0.3 is 6.18 Å². The maximum atomic E-state index is 13.4. The summed E-state index contributed by atoms with van der Waals surface area (Å²) in [5.74, 6) is 0.445. The number of rotatable bonds is 4. The molecule has 9 heteroatoms. The van der Waals surface area contributed by atoms with Crippen molar-refractivity contribution in [2.45, 2.75) is 19.6 Å². The Morgan fingerprint density at radius 3 is 2.53 bits per heavy atom. The van der Waals surface area contributed by atoms with E-state index in [0.717, 1.165) is 6.07 Å². The highest BCUT2D eigenvalue weighted by Gasteiger charge is 2.36. The van der Waals surface area contributed by atoms with E-state index in [9.17, 15) is 18.0 Å². The second kappa shape index (κ2) is 7.15. The fourth-order valence-electron chi connectivity index (χ4n) is 3.24. The van der Waals surface area contributed by atoms with Crippen molar-refractivity contribution < 1.29 is 22.5 Å². The number of aromatic nitrogens is 3. The molecule has 2 heterocycles. The van der Waals surface area contributed by atoms with Crippen LogP contribution in [0, 0.1) is 11.3 Å². The molecule has 0 bridgehead atoms. The van der Waals surface area contributed by atoms with Gasteiger partial charge in [-0.15, -0.1) is 0 Å². The van der Waals surface area contributed by atoms with E-state index in [1.807, 2.05) is 0 Å². The number of Topliss-reactive ketones (excluding diaryl/α,β-unsaturated/α-hetero) is 1. The summed E-state index contributed by atoms with van der Waals surface area (Å²) in [6, 6.07) is 12.2. The molecule has 30 heavy (non-hydrogen) atoms. The molecule has 2 aromatic carbocycles. The Kier molecular flexibility index (Phi) is 4.62. The van der Waals surface area contributed by atoms with Gasteiger partial charge in [-0.2, -0.15) is 23.4 Å². The van der Waals surface area contributed by atoms with Gasteiger partial charge in [-0.3, -0.25) is 4.79 Å². The number of carbonyl (C=O) groups is 1. The summed E-state index contributed by atoms with van der Waals surface area (Å²) < 4.78 is 47.1. The van der Waals surface area contributed by atoms with Crippen LogP contribution in [0.2, 0.25) is 0 Å². The van der Waals surface area contributed by atoms with Gasteiger partial charge in [0, 0.05) is 28.2 Å². The lowest BCUT2D eigenvalue weighted by atomic mass is 10.0. The third-order valence-corrected chi connectivity index (χ3v) is 4.68. The molecule has 0 saturated carbocycles. The van der Waals surface area contributed by atoms with Gasteiger partial charge in [0.1, 0.15) is 0 Å². The molecular formula is C21H13F3N4O2. The number of nitriles is 1. The van der Waals surface area contributed by atoms with Crippen LogP contribution in [0.25, 0.3) is 22.4 Å². The predicted molar refractivity (Wildman–Crippen MR) is 100 cm³/mol. The maximum Gasteiger partial charge on any atom is 0.418 e. The van der Waals surface area contributed by atoms with Gasteiger partial charge < -0.3 is 9.09 Å². The smallest absolute Gasteiger partial charge is 0.340 e. The van der Waals surface area contributed by atoms with Crippen LogP contribution in [0.4, 0.5) is 13.2 Å². The highest BCUT2D eigenvalue weighted by Crippen LogP contribution is 2.37. The van der Waals surface area contributed by atoms with Gasteiger partial charge in [0.15, 0.2) is 11.6 Å². The van der Waals surface area contributed by atoms with E-state index in [0.29, 0.717) is 16.6 Å². The first kappa shape index (κ1) is 19.4. The summed E-state index contributed by atoms with van der Waals surface area (Å²) in [6.45, 7) is 1.55. The lowest BCUT2D eigenvalue weighted by molar-refractivity contribution is -0.136. The molecule has 0 unspecified atom stereocenters. The SMILES string of the molecule is CC(=O)c1ccc(-c2nc(Cn3ccc4c(C(F)(F)F)c(C#N)ccc43)no2)cc1. The van der Waals surface area contributed by atoms with Crippen LogP contribution >= 0.6 is 0 Å². The molecule has 0 radical (unpaired) electrons. The van der Waals surface area contributed by atoms with Gasteiger partial charge in [-0.25, -0.2) is 0 Å². The summed E-state index contributed by atoms with van der Waals surface area (Å²) in [7, 11) is 0. The van der Waals surface area contributed by atoms with Gasteiger partial charge in [-0.05, 0) is 37.3 Å². The van der Waals surface area contributed by atoms with Crippen LogP contribution in [0.1, 0.15) is 34.2 Å². The van der Waals surface area contributed by atoms with Gasteiger partial charge in [-0.1, -0.05) is 17.3 Å². The average molecular weight is 410 g/mol. The molecule has 6 nitrogen and oxygen atoms in total. The van der Waals surface area contributed by atoms with Crippen molar-refractivity contribution in [2.75, 3.05) is 0 Å². The molecule has 4 rings (SSSR count). The second-order valence-corrected chi connectivity index (χ2v) is 6.62. The van der Waals surface area contributed by atoms with Crippen molar-refractivity contribution in [3.05, 3.63) is 71.2 Å². The van der Waals surface area contributed by atoms with Gasteiger partial charge in [0.05, 0.1) is 23.7 Å². The number of alkyl halides is 3. The number of benzene rings is 2. The number of ketones is 1. The van der Waals surface area contributed by atoms with E-state index in [1.165, 1.54) is 25.3 Å². The van der Waals surface area contributed by atoms with Crippen molar-refractivity contribution in [2.24, 2.45) is 0 Å². The number of hydrogen-bond donors (Lipinski definition) is 0. The number of halogens is 3. The Bertz CT molecular complexity index is 1290. The Hall–Kier alpha value is -3.93.